The van der Waals surface area contributed by atoms with Crippen molar-refractivity contribution in [3.8, 4) is 0 Å². The quantitative estimate of drug-likeness (QED) is 0.703. The van der Waals surface area contributed by atoms with E-state index in [9.17, 15) is 13.2 Å². The fraction of sp³-hybridized carbons (Fsp3) is 0.750. The first-order valence-electron chi connectivity index (χ1n) is 6.49. The van der Waals surface area contributed by atoms with Gasteiger partial charge in [-0.25, -0.2) is 8.42 Å². The number of hydrogen-bond donors (Lipinski definition) is 2. The molecular weight excluding hydrogens is 266 g/mol. The number of rotatable bonds is 3. The van der Waals surface area contributed by atoms with Gasteiger partial charge in [-0.15, -0.1) is 0 Å². The van der Waals surface area contributed by atoms with E-state index in [0.717, 1.165) is 26.2 Å². The molecule has 1 unspecified atom stereocenters. The van der Waals surface area contributed by atoms with Crippen molar-refractivity contribution in [1.82, 2.24) is 15.5 Å². The van der Waals surface area contributed by atoms with Crippen molar-refractivity contribution >= 4 is 15.7 Å². The number of carbonyl (C=O) groups excluding carboxylic acids is 1. The lowest BCUT2D eigenvalue weighted by atomic mass is 10.00. The summed E-state index contributed by atoms with van der Waals surface area (Å²) in [4.78, 5) is 14.4. The molecule has 2 aliphatic rings. The van der Waals surface area contributed by atoms with Gasteiger partial charge in [0, 0.05) is 31.6 Å². The van der Waals surface area contributed by atoms with Crippen molar-refractivity contribution in [1.29, 1.82) is 0 Å². The second-order valence-electron chi connectivity index (χ2n) is 5.53. The molecule has 0 aliphatic carbocycles. The van der Waals surface area contributed by atoms with Crippen LogP contribution in [0.1, 0.15) is 13.8 Å². The van der Waals surface area contributed by atoms with Gasteiger partial charge in [0.15, 0.2) is 9.84 Å². The highest BCUT2D eigenvalue weighted by atomic mass is 32.2. The molecule has 0 saturated carbocycles. The van der Waals surface area contributed by atoms with Gasteiger partial charge in [0.1, 0.15) is 0 Å². The van der Waals surface area contributed by atoms with Crippen molar-refractivity contribution in [2.45, 2.75) is 25.4 Å². The molecule has 1 fully saturated rings. The summed E-state index contributed by atoms with van der Waals surface area (Å²) in [5.74, 6) is -0.155. The number of nitrogens with zero attached hydrogens (tertiary/aromatic N) is 1. The van der Waals surface area contributed by atoms with Crippen LogP contribution in [0.25, 0.3) is 0 Å². The molecule has 0 bridgehead atoms. The van der Waals surface area contributed by atoms with Crippen LogP contribution in [0.2, 0.25) is 0 Å². The van der Waals surface area contributed by atoms with Gasteiger partial charge in [-0.1, -0.05) is 0 Å². The van der Waals surface area contributed by atoms with E-state index in [-0.39, 0.29) is 11.7 Å². The minimum Gasteiger partial charge on any atom is -0.347 e. The van der Waals surface area contributed by atoms with Crippen LogP contribution in [-0.2, 0) is 14.6 Å². The zero-order chi connectivity index (χ0) is 14.1. The normalized spacial score (nSPS) is 27.4. The second-order valence-corrected chi connectivity index (χ2v) is 7.47. The molecule has 2 rings (SSSR count). The van der Waals surface area contributed by atoms with Gasteiger partial charge in [0.25, 0.3) is 0 Å². The Hall–Kier alpha value is -0.920. The van der Waals surface area contributed by atoms with Gasteiger partial charge in [0.2, 0.25) is 5.91 Å². The Morgan fingerprint density at radius 3 is 2.53 bits per heavy atom. The van der Waals surface area contributed by atoms with Crippen LogP contribution in [0.4, 0.5) is 0 Å². The molecule has 1 atom stereocenters. The highest BCUT2D eigenvalue weighted by Crippen LogP contribution is 2.17. The number of hydrogen-bond acceptors (Lipinski definition) is 5. The maximum Gasteiger partial charge on any atom is 0.240 e. The second kappa shape index (κ2) is 5.22. The van der Waals surface area contributed by atoms with Gasteiger partial charge in [0.05, 0.1) is 17.3 Å². The summed E-state index contributed by atoms with van der Waals surface area (Å²) in [6, 6.07) is -0.403. The third kappa shape index (κ3) is 3.34. The maximum atomic E-state index is 12.3. The molecule has 108 valence electrons. The first-order chi connectivity index (χ1) is 8.81. The number of amides is 1. The average molecular weight is 287 g/mol. The van der Waals surface area contributed by atoms with E-state index in [1.165, 1.54) is 5.41 Å². The minimum absolute atomic E-state index is 0.0314. The van der Waals surface area contributed by atoms with Crippen LogP contribution in [0.5, 0.6) is 0 Å². The third-order valence-electron chi connectivity index (χ3n) is 3.71. The lowest BCUT2D eigenvalue weighted by Gasteiger charge is -2.40. The fourth-order valence-electron chi connectivity index (χ4n) is 2.38. The predicted molar refractivity (Wildman–Crippen MR) is 73.4 cm³/mol. The SMILES string of the molecule is CC(C)(C(=O)NC1C=CS(=O)(=O)C1)N1CCNCC1. The largest absolute Gasteiger partial charge is 0.347 e. The number of nitrogens with one attached hydrogen (secondary N) is 2. The summed E-state index contributed by atoms with van der Waals surface area (Å²) in [5.41, 5.74) is -0.623. The smallest absolute Gasteiger partial charge is 0.240 e. The van der Waals surface area contributed by atoms with Crippen LogP contribution in [0.15, 0.2) is 11.5 Å². The molecule has 7 heteroatoms. The van der Waals surface area contributed by atoms with Crippen molar-refractivity contribution in [3.63, 3.8) is 0 Å². The monoisotopic (exact) mass is 287 g/mol. The van der Waals surface area contributed by atoms with Crippen molar-refractivity contribution in [3.05, 3.63) is 11.5 Å². The maximum absolute atomic E-state index is 12.3. The van der Waals surface area contributed by atoms with Crippen molar-refractivity contribution in [2.75, 3.05) is 31.9 Å². The van der Waals surface area contributed by atoms with Gasteiger partial charge in [-0.3, -0.25) is 9.69 Å². The molecular formula is C12H21N3O3S. The van der Waals surface area contributed by atoms with E-state index < -0.39 is 21.4 Å². The first-order valence-corrected chi connectivity index (χ1v) is 8.20. The summed E-state index contributed by atoms with van der Waals surface area (Å²) < 4.78 is 22.6. The molecule has 2 heterocycles. The van der Waals surface area contributed by atoms with E-state index >= 15 is 0 Å². The molecule has 0 aromatic carbocycles. The van der Waals surface area contributed by atoms with E-state index in [2.05, 4.69) is 15.5 Å². The third-order valence-corrected chi connectivity index (χ3v) is 5.11. The van der Waals surface area contributed by atoms with Crippen LogP contribution in [0, 0.1) is 0 Å². The lowest BCUT2D eigenvalue weighted by Crippen LogP contribution is -2.61. The summed E-state index contributed by atoms with van der Waals surface area (Å²) in [5, 5.41) is 7.23. The molecule has 2 N–H and O–H groups in total. The highest BCUT2D eigenvalue weighted by Gasteiger charge is 2.36. The average Bonchev–Trinajstić information content (AvgIpc) is 2.69. The Morgan fingerprint density at radius 1 is 1.37 bits per heavy atom. The van der Waals surface area contributed by atoms with Crippen molar-refractivity contribution < 1.29 is 13.2 Å². The zero-order valence-corrected chi connectivity index (χ0v) is 12.2. The number of sulfone groups is 1. The van der Waals surface area contributed by atoms with E-state index in [1.807, 2.05) is 13.8 Å². The van der Waals surface area contributed by atoms with Gasteiger partial charge in [-0.05, 0) is 19.9 Å². The van der Waals surface area contributed by atoms with Crippen molar-refractivity contribution in [2.24, 2.45) is 0 Å². The summed E-state index contributed by atoms with van der Waals surface area (Å²) in [6.45, 7) is 7.13. The van der Waals surface area contributed by atoms with Gasteiger partial charge < -0.3 is 10.6 Å². The van der Waals surface area contributed by atoms with Crippen LogP contribution in [0.3, 0.4) is 0 Å². The summed E-state index contributed by atoms with van der Waals surface area (Å²) >= 11 is 0. The molecule has 1 amide bonds. The van der Waals surface area contributed by atoms with Crippen LogP contribution >= 0.6 is 0 Å². The van der Waals surface area contributed by atoms with Crippen LogP contribution < -0.4 is 10.6 Å². The molecule has 0 spiro atoms. The summed E-state index contributed by atoms with van der Waals surface area (Å²) in [7, 11) is -3.13. The summed E-state index contributed by atoms with van der Waals surface area (Å²) in [6.07, 6.45) is 1.54. The molecule has 19 heavy (non-hydrogen) atoms. The molecule has 2 aliphatic heterocycles. The Morgan fingerprint density at radius 2 is 2.00 bits per heavy atom. The molecule has 6 nitrogen and oxygen atoms in total. The fourth-order valence-corrected chi connectivity index (χ4v) is 3.61. The van der Waals surface area contributed by atoms with Gasteiger partial charge in [-0.2, -0.15) is 0 Å². The van der Waals surface area contributed by atoms with E-state index in [0.29, 0.717) is 0 Å². The van der Waals surface area contributed by atoms with E-state index in [4.69, 9.17) is 0 Å². The Kier molecular flexibility index (Phi) is 3.98. The minimum atomic E-state index is -3.13. The highest BCUT2D eigenvalue weighted by molar-refractivity contribution is 7.94. The van der Waals surface area contributed by atoms with Gasteiger partial charge >= 0.3 is 0 Å². The standard InChI is InChI=1S/C12H21N3O3S/c1-12(2,15-6-4-13-5-7-15)11(16)14-10-3-8-19(17,18)9-10/h3,8,10,13H,4-7,9H2,1-2H3,(H,14,16). The zero-order valence-electron chi connectivity index (χ0n) is 11.3. The number of carbonyl (C=O) groups is 1. The predicted octanol–water partition coefficient (Wildman–Crippen LogP) is -0.903. The first kappa shape index (κ1) is 14.5. The topological polar surface area (TPSA) is 78.5 Å². The Balaban J connectivity index is 1.97. The molecule has 0 aromatic rings. The van der Waals surface area contributed by atoms with E-state index in [1.54, 1.807) is 6.08 Å². The molecule has 0 aromatic heterocycles. The molecule has 0 radical (unpaired) electrons. The Bertz CT molecular complexity index is 478. The number of piperazine rings is 1. The Labute approximate surface area is 114 Å². The molecule has 1 saturated heterocycles. The van der Waals surface area contributed by atoms with Crippen LogP contribution in [-0.4, -0.2) is 62.7 Å². The lowest BCUT2D eigenvalue weighted by molar-refractivity contribution is -0.132.